The Morgan fingerprint density at radius 2 is 1.35 bits per heavy atom. The van der Waals surface area contributed by atoms with Crippen molar-refractivity contribution in [3.63, 3.8) is 0 Å². The summed E-state index contributed by atoms with van der Waals surface area (Å²) < 4.78 is 0. The molecule has 2 rings (SSSR count). The van der Waals surface area contributed by atoms with Crippen LogP contribution in [0.4, 0.5) is 0 Å². The van der Waals surface area contributed by atoms with Crippen molar-refractivity contribution in [1.82, 2.24) is 14.7 Å². The van der Waals surface area contributed by atoms with Gasteiger partial charge in [0.1, 0.15) is 0 Å². The van der Waals surface area contributed by atoms with Crippen LogP contribution in [-0.2, 0) is 0 Å². The largest absolute Gasteiger partial charge is 0.301 e. The lowest BCUT2D eigenvalue weighted by Gasteiger charge is -2.45. The molecular weight excluding hydrogens is 282 g/mol. The van der Waals surface area contributed by atoms with E-state index in [-0.39, 0.29) is 0 Å². The molecule has 0 aromatic carbocycles. The molecule has 0 atom stereocenters. The molecule has 1 saturated carbocycles. The minimum absolute atomic E-state index is 0.306. The van der Waals surface area contributed by atoms with Crippen molar-refractivity contribution in [2.45, 2.75) is 84.3 Å². The molecule has 0 unspecified atom stereocenters. The summed E-state index contributed by atoms with van der Waals surface area (Å²) in [7, 11) is 2.32. The third-order valence-electron chi connectivity index (χ3n) is 6.26. The van der Waals surface area contributed by atoms with Crippen LogP contribution >= 0.6 is 0 Å². The van der Waals surface area contributed by atoms with Crippen molar-refractivity contribution >= 4 is 0 Å². The van der Waals surface area contributed by atoms with Crippen LogP contribution in [0.3, 0.4) is 0 Å². The highest BCUT2D eigenvalue weighted by atomic mass is 15.3. The highest BCUT2D eigenvalue weighted by Crippen LogP contribution is 2.31. The van der Waals surface area contributed by atoms with Crippen molar-refractivity contribution in [2.75, 3.05) is 39.8 Å². The molecule has 0 spiro atoms. The van der Waals surface area contributed by atoms with Gasteiger partial charge in [0.2, 0.25) is 0 Å². The summed E-state index contributed by atoms with van der Waals surface area (Å²) in [6.07, 6.45) is 5.62. The van der Waals surface area contributed by atoms with E-state index >= 15 is 0 Å². The molecular formula is C20H41N3. The first-order valence-corrected chi connectivity index (χ1v) is 9.78. The number of rotatable bonds is 3. The highest BCUT2D eigenvalue weighted by molar-refractivity contribution is 4.87. The van der Waals surface area contributed by atoms with Gasteiger partial charge in [0.05, 0.1) is 0 Å². The van der Waals surface area contributed by atoms with Crippen LogP contribution in [0.2, 0.25) is 0 Å². The SMILES string of the molecule is CN(C1CCC(CN2CCN(C(C)(C)C)CC2)CC1)C(C)(C)C. The molecule has 0 N–H and O–H groups in total. The maximum Gasteiger partial charge on any atom is 0.0126 e. The molecule has 0 amide bonds. The summed E-state index contributed by atoms with van der Waals surface area (Å²) in [4.78, 5) is 7.96. The van der Waals surface area contributed by atoms with Crippen LogP contribution in [0.25, 0.3) is 0 Å². The second kappa shape index (κ2) is 7.41. The van der Waals surface area contributed by atoms with Crippen molar-refractivity contribution in [3.8, 4) is 0 Å². The number of hydrogen-bond acceptors (Lipinski definition) is 3. The minimum atomic E-state index is 0.306. The number of piperazine rings is 1. The molecule has 1 aliphatic heterocycles. The first-order valence-electron chi connectivity index (χ1n) is 9.78. The summed E-state index contributed by atoms with van der Waals surface area (Å²) in [5, 5.41) is 0. The molecule has 3 nitrogen and oxygen atoms in total. The predicted octanol–water partition coefficient (Wildman–Crippen LogP) is 3.69. The van der Waals surface area contributed by atoms with E-state index in [9.17, 15) is 0 Å². The zero-order chi connectivity index (χ0) is 17.3. The lowest BCUT2D eigenvalue weighted by Crippen LogP contribution is -2.54. The van der Waals surface area contributed by atoms with E-state index in [0.29, 0.717) is 11.1 Å². The standard InChI is InChI=1S/C20H41N3/c1-19(2,3)21(7)18-10-8-17(9-11-18)16-22-12-14-23(15-13-22)20(4,5)6/h17-18H,8-16H2,1-7H3. The number of nitrogens with zero attached hydrogens (tertiary/aromatic N) is 3. The summed E-state index contributed by atoms with van der Waals surface area (Å²) >= 11 is 0. The molecule has 23 heavy (non-hydrogen) atoms. The molecule has 0 radical (unpaired) electrons. The quantitative estimate of drug-likeness (QED) is 0.784. The molecule has 1 heterocycles. The van der Waals surface area contributed by atoms with Gasteiger partial charge in [0, 0.05) is 49.8 Å². The topological polar surface area (TPSA) is 9.72 Å². The van der Waals surface area contributed by atoms with Crippen molar-refractivity contribution in [2.24, 2.45) is 5.92 Å². The Labute approximate surface area is 145 Å². The summed E-state index contributed by atoms with van der Waals surface area (Å²) in [6, 6.07) is 0.795. The second-order valence-electron chi connectivity index (χ2n) is 9.91. The molecule has 2 fully saturated rings. The zero-order valence-electron chi connectivity index (χ0n) is 16.9. The Bertz CT molecular complexity index is 350. The Morgan fingerprint density at radius 1 is 0.826 bits per heavy atom. The van der Waals surface area contributed by atoms with Gasteiger partial charge >= 0.3 is 0 Å². The summed E-state index contributed by atoms with van der Waals surface area (Å²) in [6.45, 7) is 20.4. The lowest BCUT2D eigenvalue weighted by molar-refractivity contribution is 0.0411. The van der Waals surface area contributed by atoms with Gasteiger partial charge in [-0.15, -0.1) is 0 Å². The average molecular weight is 324 g/mol. The average Bonchev–Trinajstić information content (AvgIpc) is 2.46. The van der Waals surface area contributed by atoms with Gasteiger partial charge in [0.25, 0.3) is 0 Å². The van der Waals surface area contributed by atoms with Crippen LogP contribution in [0.15, 0.2) is 0 Å². The lowest BCUT2D eigenvalue weighted by atomic mass is 9.83. The fraction of sp³-hybridized carbons (Fsp3) is 1.00. The maximum absolute atomic E-state index is 2.72. The van der Waals surface area contributed by atoms with Crippen LogP contribution in [0.5, 0.6) is 0 Å². The molecule has 0 bridgehead atoms. The Morgan fingerprint density at radius 3 is 1.78 bits per heavy atom. The fourth-order valence-electron chi connectivity index (χ4n) is 4.23. The van der Waals surface area contributed by atoms with Gasteiger partial charge in [-0.2, -0.15) is 0 Å². The van der Waals surface area contributed by atoms with Crippen LogP contribution in [-0.4, -0.2) is 71.6 Å². The van der Waals surface area contributed by atoms with E-state index in [2.05, 4.69) is 63.3 Å². The van der Waals surface area contributed by atoms with Crippen molar-refractivity contribution < 1.29 is 0 Å². The van der Waals surface area contributed by atoms with Gasteiger partial charge in [0.15, 0.2) is 0 Å². The molecule has 3 heteroatoms. The Hall–Kier alpha value is -0.120. The second-order valence-corrected chi connectivity index (χ2v) is 9.91. The first-order chi connectivity index (χ1) is 10.6. The molecule has 136 valence electrons. The molecule has 0 aromatic rings. The minimum Gasteiger partial charge on any atom is -0.301 e. The van der Waals surface area contributed by atoms with Crippen LogP contribution in [0, 0.1) is 5.92 Å². The van der Waals surface area contributed by atoms with E-state index in [1.54, 1.807) is 0 Å². The predicted molar refractivity (Wildman–Crippen MR) is 101 cm³/mol. The maximum atomic E-state index is 2.72. The zero-order valence-corrected chi connectivity index (χ0v) is 16.9. The Balaban J connectivity index is 1.71. The highest BCUT2D eigenvalue weighted by Gasteiger charge is 2.31. The van der Waals surface area contributed by atoms with Crippen LogP contribution in [0.1, 0.15) is 67.2 Å². The van der Waals surface area contributed by atoms with Crippen molar-refractivity contribution in [3.05, 3.63) is 0 Å². The first kappa shape index (κ1) is 19.2. The van der Waals surface area contributed by atoms with E-state index in [1.807, 2.05) is 0 Å². The fourth-order valence-corrected chi connectivity index (χ4v) is 4.23. The third-order valence-corrected chi connectivity index (χ3v) is 6.26. The Kier molecular flexibility index (Phi) is 6.19. The number of hydrogen-bond donors (Lipinski definition) is 0. The van der Waals surface area contributed by atoms with E-state index in [4.69, 9.17) is 0 Å². The monoisotopic (exact) mass is 323 g/mol. The summed E-state index contributed by atoms with van der Waals surface area (Å²) in [5.74, 6) is 0.931. The van der Waals surface area contributed by atoms with Crippen molar-refractivity contribution in [1.29, 1.82) is 0 Å². The molecule has 2 aliphatic rings. The van der Waals surface area contributed by atoms with Gasteiger partial charge in [-0.3, -0.25) is 9.80 Å². The third kappa shape index (κ3) is 5.44. The van der Waals surface area contributed by atoms with E-state index in [0.717, 1.165) is 12.0 Å². The molecule has 0 aromatic heterocycles. The van der Waals surface area contributed by atoms with Gasteiger partial charge in [-0.1, -0.05) is 0 Å². The summed E-state index contributed by atoms with van der Waals surface area (Å²) in [5.41, 5.74) is 0.641. The smallest absolute Gasteiger partial charge is 0.0126 e. The molecule has 1 saturated heterocycles. The van der Waals surface area contributed by atoms with Gasteiger partial charge in [-0.05, 0) is 80.2 Å². The normalized spacial score (nSPS) is 29.2. The van der Waals surface area contributed by atoms with Crippen LogP contribution < -0.4 is 0 Å². The van der Waals surface area contributed by atoms with Gasteiger partial charge in [-0.25, -0.2) is 0 Å². The molecule has 1 aliphatic carbocycles. The van der Waals surface area contributed by atoms with E-state index in [1.165, 1.54) is 58.4 Å². The van der Waals surface area contributed by atoms with E-state index < -0.39 is 0 Å². The van der Waals surface area contributed by atoms with Gasteiger partial charge < -0.3 is 4.90 Å².